The number of allylic oxidation sites excluding steroid dienone is 1. The van der Waals surface area contributed by atoms with Gasteiger partial charge in [-0.3, -0.25) is 0 Å². The van der Waals surface area contributed by atoms with Crippen LogP contribution in [0.2, 0.25) is 5.02 Å². The van der Waals surface area contributed by atoms with Crippen molar-refractivity contribution in [3.05, 3.63) is 45.4 Å². The first-order valence-electron chi connectivity index (χ1n) is 8.14. The summed E-state index contributed by atoms with van der Waals surface area (Å²) in [5.41, 5.74) is 0.265. The minimum absolute atomic E-state index is 0.146. The summed E-state index contributed by atoms with van der Waals surface area (Å²) < 4.78 is 14.6. The second-order valence-corrected chi connectivity index (χ2v) is 8.47. The van der Waals surface area contributed by atoms with Gasteiger partial charge in [0.25, 0.3) is 0 Å². The Labute approximate surface area is 163 Å². The van der Waals surface area contributed by atoms with E-state index in [1.54, 1.807) is 32.1 Å². The monoisotopic (exact) mass is 446 g/mol. The molecule has 1 aromatic rings. The molecule has 0 radical (unpaired) electrons. The molecule has 6 nitrogen and oxygen atoms in total. The van der Waals surface area contributed by atoms with Crippen LogP contribution in [0.4, 0.5) is 0 Å². The summed E-state index contributed by atoms with van der Waals surface area (Å²) in [7, 11) is 0. The van der Waals surface area contributed by atoms with Crippen LogP contribution in [0.5, 0.6) is 0 Å². The number of rotatable bonds is 6. The quantitative estimate of drug-likeness (QED) is 0.380. The molecule has 0 N–H and O–H groups in total. The van der Waals surface area contributed by atoms with Gasteiger partial charge in [0.15, 0.2) is 0 Å². The van der Waals surface area contributed by atoms with Gasteiger partial charge in [-0.25, -0.2) is 0 Å². The summed E-state index contributed by atoms with van der Waals surface area (Å²) in [6, 6.07) is 6.15. The molecule has 1 aliphatic rings. The Balaban J connectivity index is 2.27. The maximum absolute atomic E-state index is 12.6. The van der Waals surface area contributed by atoms with Gasteiger partial charge >= 0.3 is 163 Å². The first-order chi connectivity index (χ1) is 12.4. The predicted molar refractivity (Wildman–Crippen MR) is 95.9 cm³/mol. The van der Waals surface area contributed by atoms with E-state index in [9.17, 15) is 14.4 Å². The van der Waals surface area contributed by atoms with Gasteiger partial charge in [-0.15, -0.1) is 0 Å². The van der Waals surface area contributed by atoms with Crippen LogP contribution >= 0.6 is 11.6 Å². The number of halogens is 1. The molecule has 26 heavy (non-hydrogen) atoms. The fourth-order valence-electron chi connectivity index (χ4n) is 2.28. The van der Waals surface area contributed by atoms with Crippen molar-refractivity contribution in [2.45, 2.75) is 31.2 Å². The Morgan fingerprint density at radius 2 is 1.73 bits per heavy atom. The molecule has 0 spiro atoms. The van der Waals surface area contributed by atoms with Gasteiger partial charge in [-0.2, -0.15) is 0 Å². The topological polar surface area (TPSA) is 78.9 Å². The number of ether oxygens (including phenoxy) is 3. The molecule has 0 saturated carbocycles. The van der Waals surface area contributed by atoms with Gasteiger partial charge in [0.2, 0.25) is 0 Å². The fraction of sp³-hybridized carbons (Fsp3) is 0.389. The summed E-state index contributed by atoms with van der Waals surface area (Å²) in [6.07, 6.45) is 2.39. The van der Waals surface area contributed by atoms with Crippen molar-refractivity contribution >= 4 is 44.5 Å². The normalized spacial score (nSPS) is 19.3. The number of benzene rings is 1. The molecule has 0 amide bonds. The average molecular weight is 446 g/mol. The fourth-order valence-corrected chi connectivity index (χ4v) is 4.88. The first kappa shape index (κ1) is 20.5. The van der Waals surface area contributed by atoms with Crippen molar-refractivity contribution < 1.29 is 28.6 Å². The van der Waals surface area contributed by atoms with Crippen molar-refractivity contribution in [1.82, 2.24) is 0 Å². The number of carbonyl (C=O) groups is 3. The molecule has 0 aliphatic carbocycles. The first-order valence-corrected chi connectivity index (χ1v) is 10.2. The van der Waals surface area contributed by atoms with Crippen LogP contribution < -0.4 is 0 Å². The van der Waals surface area contributed by atoms with Gasteiger partial charge in [0, 0.05) is 0 Å². The Morgan fingerprint density at radius 1 is 1.08 bits per heavy atom. The van der Waals surface area contributed by atoms with E-state index in [1.165, 1.54) is 12.1 Å². The van der Waals surface area contributed by atoms with E-state index in [2.05, 4.69) is 0 Å². The molecule has 1 heterocycles. The zero-order chi connectivity index (χ0) is 19.2. The van der Waals surface area contributed by atoms with Gasteiger partial charge in [-0.05, 0) is 0 Å². The number of hydrogen-bond acceptors (Lipinski definition) is 6. The third-order valence-electron chi connectivity index (χ3n) is 3.48. The molecule has 2 rings (SSSR count). The second-order valence-electron chi connectivity index (χ2n) is 5.30. The van der Waals surface area contributed by atoms with Crippen LogP contribution in [-0.4, -0.2) is 50.6 Å². The summed E-state index contributed by atoms with van der Waals surface area (Å²) in [6.45, 7) is 3.74. The van der Waals surface area contributed by atoms with Crippen LogP contribution in [0.3, 0.4) is 0 Å². The van der Waals surface area contributed by atoms with Crippen molar-refractivity contribution in [1.29, 1.82) is 0 Å². The Kier molecular flexibility index (Phi) is 7.26. The van der Waals surface area contributed by atoms with Gasteiger partial charge in [-0.1, -0.05) is 0 Å². The minimum atomic E-state index is -1.49. The summed E-state index contributed by atoms with van der Waals surface area (Å²) >= 11 is 5.06. The van der Waals surface area contributed by atoms with Gasteiger partial charge < -0.3 is 0 Å². The van der Waals surface area contributed by atoms with Gasteiger partial charge in [0.1, 0.15) is 0 Å². The van der Waals surface area contributed by atoms with Crippen LogP contribution in [0.15, 0.2) is 34.8 Å². The summed E-state index contributed by atoms with van der Waals surface area (Å²) in [4.78, 5) is 37.2. The summed E-state index contributed by atoms with van der Waals surface area (Å²) in [5.74, 6) is -1.80. The molecule has 140 valence electrons. The average Bonchev–Trinajstić information content (AvgIpc) is 2.62. The Morgan fingerprint density at radius 3 is 2.35 bits per heavy atom. The molecule has 0 bridgehead atoms. The molecule has 1 atom stereocenters. The molecular formula is C18H19ClO6Se. The third-order valence-corrected chi connectivity index (χ3v) is 6.54. The molecule has 0 saturated heterocycles. The Hall–Kier alpha value is -1.82. The third kappa shape index (κ3) is 4.87. The van der Waals surface area contributed by atoms with Crippen molar-refractivity contribution in [2.24, 2.45) is 0 Å². The van der Waals surface area contributed by atoms with Crippen LogP contribution in [0.1, 0.15) is 37.0 Å². The van der Waals surface area contributed by atoms with Gasteiger partial charge in [0.05, 0.1) is 0 Å². The van der Waals surface area contributed by atoms with E-state index < -0.39 is 37.4 Å². The molecule has 1 aromatic carbocycles. The molecule has 0 fully saturated rings. The van der Waals surface area contributed by atoms with E-state index in [-0.39, 0.29) is 25.2 Å². The Bertz CT molecular complexity index is 715. The number of esters is 3. The van der Waals surface area contributed by atoms with E-state index in [0.717, 1.165) is 0 Å². The number of hydrogen-bond donors (Lipinski definition) is 0. The van der Waals surface area contributed by atoms with E-state index in [1.807, 2.05) is 0 Å². The number of carbonyl (C=O) groups excluding carboxylic acids is 3. The maximum atomic E-state index is 12.6. The molecule has 1 aliphatic heterocycles. The summed E-state index contributed by atoms with van der Waals surface area (Å²) in [5, 5.41) is 0.482. The SMILES string of the molecule is CCOC(=O)C1=CCCC(OC(=O)c2ccc(Cl)cc2)(C(=O)OCC)[Se]1. The zero-order valence-corrected chi connectivity index (χ0v) is 16.9. The van der Waals surface area contributed by atoms with Crippen molar-refractivity contribution in [2.75, 3.05) is 13.2 Å². The van der Waals surface area contributed by atoms with Crippen LogP contribution in [-0.2, 0) is 23.8 Å². The van der Waals surface area contributed by atoms with E-state index >= 15 is 0 Å². The second kappa shape index (κ2) is 9.21. The van der Waals surface area contributed by atoms with Crippen LogP contribution in [0, 0.1) is 0 Å². The van der Waals surface area contributed by atoms with Crippen molar-refractivity contribution in [3.8, 4) is 0 Å². The molecular weight excluding hydrogens is 427 g/mol. The van der Waals surface area contributed by atoms with E-state index in [0.29, 0.717) is 15.9 Å². The molecule has 0 aromatic heterocycles. The van der Waals surface area contributed by atoms with Crippen molar-refractivity contribution in [3.63, 3.8) is 0 Å². The zero-order valence-electron chi connectivity index (χ0n) is 14.5. The predicted octanol–water partition coefficient (Wildman–Crippen LogP) is 2.70. The molecule has 1 unspecified atom stereocenters. The van der Waals surface area contributed by atoms with Crippen LogP contribution in [0.25, 0.3) is 0 Å². The van der Waals surface area contributed by atoms with E-state index in [4.69, 9.17) is 25.8 Å². The standard InChI is InChI=1S/C18H19ClO6Se/c1-3-23-16(21)14-6-5-11-18(26-14,17(22)24-4-2)25-15(20)12-7-9-13(19)10-8-12/h6-10H,3-5,11H2,1-2H3. The molecule has 8 heteroatoms.